The van der Waals surface area contributed by atoms with E-state index in [4.69, 9.17) is 0 Å². The molecule has 1 aliphatic rings. The molecule has 0 aliphatic carbocycles. The summed E-state index contributed by atoms with van der Waals surface area (Å²) in [4.78, 5) is 18.7. The number of carbonyl (C=O) groups excluding carboxylic acids is 1. The van der Waals surface area contributed by atoms with Crippen LogP contribution in [0.4, 0.5) is 0 Å². The van der Waals surface area contributed by atoms with Gasteiger partial charge in [0, 0.05) is 45.6 Å². The van der Waals surface area contributed by atoms with Crippen molar-refractivity contribution >= 4 is 35.8 Å². The van der Waals surface area contributed by atoms with Crippen molar-refractivity contribution in [1.82, 2.24) is 15.5 Å². The number of guanidine groups is 1. The number of unbranched alkanes of at least 4 members (excludes halogenated alkanes) is 1. The van der Waals surface area contributed by atoms with Gasteiger partial charge in [0.25, 0.3) is 0 Å². The average Bonchev–Trinajstić information content (AvgIpc) is 3.10. The number of rotatable bonds is 12. The third-order valence-corrected chi connectivity index (χ3v) is 5.81. The van der Waals surface area contributed by atoms with Gasteiger partial charge in [-0.2, -0.15) is 0 Å². The van der Waals surface area contributed by atoms with Crippen LogP contribution in [0.5, 0.6) is 0 Å². The first-order chi connectivity index (χ1) is 14.2. The van der Waals surface area contributed by atoms with Gasteiger partial charge >= 0.3 is 0 Å². The summed E-state index contributed by atoms with van der Waals surface area (Å²) in [6, 6.07) is 10.4. The number of hydrogen-bond acceptors (Lipinski definition) is 2. The summed E-state index contributed by atoms with van der Waals surface area (Å²) in [6.45, 7) is 7.92. The molecule has 1 fully saturated rings. The van der Waals surface area contributed by atoms with Crippen LogP contribution >= 0.6 is 24.0 Å². The quantitative estimate of drug-likeness (QED) is 0.239. The van der Waals surface area contributed by atoms with E-state index in [0.29, 0.717) is 18.3 Å². The fraction of sp³-hybridized carbons (Fsp3) is 0.667. The summed E-state index contributed by atoms with van der Waals surface area (Å²) in [5.41, 5.74) is 1.29. The van der Waals surface area contributed by atoms with E-state index in [2.05, 4.69) is 53.7 Å². The van der Waals surface area contributed by atoms with Gasteiger partial charge in [-0.3, -0.25) is 9.79 Å². The lowest BCUT2D eigenvalue weighted by Crippen LogP contribution is -2.42. The molecule has 5 nitrogen and oxygen atoms in total. The van der Waals surface area contributed by atoms with Crippen LogP contribution in [0.1, 0.15) is 57.9 Å². The number of likely N-dealkylation sites (tertiary alicyclic amines) is 1. The van der Waals surface area contributed by atoms with E-state index in [1.807, 2.05) is 18.0 Å². The Morgan fingerprint density at radius 1 is 1.17 bits per heavy atom. The predicted molar refractivity (Wildman–Crippen MR) is 138 cm³/mol. The lowest BCUT2D eigenvalue weighted by molar-refractivity contribution is -0.127. The fourth-order valence-electron chi connectivity index (χ4n) is 4.07. The molecule has 0 bridgehead atoms. The smallest absolute Gasteiger partial charge is 0.223 e. The molecular formula is C24H41IN4O. The molecule has 0 spiro atoms. The SMILES string of the molecule is CCCCC(CCC)CNC(=NC)NCC1CC(=O)N(CCc2ccccc2)C1.I. The van der Waals surface area contributed by atoms with Gasteiger partial charge in [-0.15, -0.1) is 24.0 Å². The third-order valence-electron chi connectivity index (χ3n) is 5.81. The average molecular weight is 529 g/mol. The van der Waals surface area contributed by atoms with E-state index in [-0.39, 0.29) is 29.9 Å². The van der Waals surface area contributed by atoms with Crippen molar-refractivity contribution in [3.8, 4) is 0 Å². The molecule has 2 atom stereocenters. The zero-order valence-corrected chi connectivity index (χ0v) is 21.4. The van der Waals surface area contributed by atoms with Gasteiger partial charge in [0.05, 0.1) is 0 Å². The van der Waals surface area contributed by atoms with Gasteiger partial charge < -0.3 is 15.5 Å². The maximum absolute atomic E-state index is 12.4. The Morgan fingerprint density at radius 3 is 2.60 bits per heavy atom. The number of halogens is 1. The van der Waals surface area contributed by atoms with Crippen LogP contribution in [0, 0.1) is 11.8 Å². The highest BCUT2D eigenvalue weighted by Gasteiger charge is 2.29. The van der Waals surface area contributed by atoms with Crippen LogP contribution < -0.4 is 10.6 Å². The minimum absolute atomic E-state index is 0. The topological polar surface area (TPSA) is 56.7 Å². The Morgan fingerprint density at radius 2 is 1.93 bits per heavy atom. The van der Waals surface area contributed by atoms with E-state index in [9.17, 15) is 4.79 Å². The summed E-state index contributed by atoms with van der Waals surface area (Å²) in [7, 11) is 1.82. The highest BCUT2D eigenvalue weighted by molar-refractivity contribution is 14.0. The van der Waals surface area contributed by atoms with E-state index in [1.54, 1.807) is 0 Å². The Balaban J connectivity index is 0.00000450. The molecule has 2 unspecified atom stereocenters. The second-order valence-electron chi connectivity index (χ2n) is 8.28. The van der Waals surface area contributed by atoms with Gasteiger partial charge in [0.15, 0.2) is 5.96 Å². The molecular weight excluding hydrogens is 487 g/mol. The molecule has 1 saturated heterocycles. The number of nitrogens with zero attached hydrogens (tertiary/aromatic N) is 2. The zero-order chi connectivity index (χ0) is 20.9. The predicted octanol–water partition coefficient (Wildman–Crippen LogP) is 4.47. The Bertz CT molecular complexity index is 623. The van der Waals surface area contributed by atoms with Crippen molar-refractivity contribution in [1.29, 1.82) is 0 Å². The minimum Gasteiger partial charge on any atom is -0.356 e. The Kier molecular flexibility index (Phi) is 13.8. The molecule has 1 heterocycles. The first kappa shape index (κ1) is 26.7. The molecule has 2 rings (SSSR count). The first-order valence-electron chi connectivity index (χ1n) is 11.4. The summed E-state index contributed by atoms with van der Waals surface area (Å²) >= 11 is 0. The first-order valence-corrected chi connectivity index (χ1v) is 11.4. The molecule has 1 aromatic carbocycles. The summed E-state index contributed by atoms with van der Waals surface area (Å²) in [5.74, 6) is 2.19. The van der Waals surface area contributed by atoms with Crippen LogP contribution in [-0.4, -0.2) is 50.0 Å². The highest BCUT2D eigenvalue weighted by Crippen LogP contribution is 2.18. The van der Waals surface area contributed by atoms with Crippen molar-refractivity contribution in [3.05, 3.63) is 35.9 Å². The molecule has 2 N–H and O–H groups in total. The van der Waals surface area contributed by atoms with Crippen LogP contribution in [0.25, 0.3) is 0 Å². The normalized spacial score (nSPS) is 17.6. The summed E-state index contributed by atoms with van der Waals surface area (Å²) in [6.07, 6.45) is 7.87. The lowest BCUT2D eigenvalue weighted by Gasteiger charge is -2.20. The van der Waals surface area contributed by atoms with Crippen LogP contribution in [0.2, 0.25) is 0 Å². The second-order valence-corrected chi connectivity index (χ2v) is 8.28. The number of benzene rings is 1. The standard InChI is InChI=1S/C24H40N4O.HI/c1-4-6-11-21(10-5-2)17-26-24(25-3)27-18-22-16-23(29)28(19-22)15-14-20-12-8-7-9-13-20;/h7-9,12-13,21-22H,4-6,10-11,14-19H2,1-3H3,(H2,25,26,27);1H. The van der Waals surface area contributed by atoms with Gasteiger partial charge in [-0.05, 0) is 30.7 Å². The maximum atomic E-state index is 12.4. The lowest BCUT2D eigenvalue weighted by atomic mass is 9.97. The molecule has 30 heavy (non-hydrogen) atoms. The van der Waals surface area contributed by atoms with Crippen molar-refractivity contribution in [3.63, 3.8) is 0 Å². The molecule has 6 heteroatoms. The zero-order valence-electron chi connectivity index (χ0n) is 19.0. The van der Waals surface area contributed by atoms with E-state index >= 15 is 0 Å². The Hall–Kier alpha value is -1.31. The molecule has 0 saturated carbocycles. The van der Waals surface area contributed by atoms with Crippen molar-refractivity contribution in [2.24, 2.45) is 16.8 Å². The van der Waals surface area contributed by atoms with E-state index < -0.39 is 0 Å². The van der Waals surface area contributed by atoms with Crippen LogP contribution in [0.15, 0.2) is 35.3 Å². The maximum Gasteiger partial charge on any atom is 0.223 e. The van der Waals surface area contributed by atoms with Crippen LogP contribution in [0.3, 0.4) is 0 Å². The van der Waals surface area contributed by atoms with Crippen molar-refractivity contribution < 1.29 is 4.79 Å². The number of hydrogen-bond donors (Lipinski definition) is 2. The largest absolute Gasteiger partial charge is 0.356 e. The summed E-state index contributed by atoms with van der Waals surface area (Å²) in [5, 5.41) is 6.94. The van der Waals surface area contributed by atoms with Gasteiger partial charge in [-0.25, -0.2) is 0 Å². The fourth-order valence-corrected chi connectivity index (χ4v) is 4.07. The molecule has 0 radical (unpaired) electrons. The summed E-state index contributed by atoms with van der Waals surface area (Å²) < 4.78 is 0. The molecule has 1 aromatic rings. The second kappa shape index (κ2) is 15.5. The monoisotopic (exact) mass is 528 g/mol. The highest BCUT2D eigenvalue weighted by atomic mass is 127. The van der Waals surface area contributed by atoms with Gasteiger partial charge in [0.1, 0.15) is 0 Å². The van der Waals surface area contributed by atoms with E-state index in [0.717, 1.165) is 38.6 Å². The van der Waals surface area contributed by atoms with E-state index in [1.165, 1.54) is 37.7 Å². The molecule has 1 aliphatic heterocycles. The third kappa shape index (κ3) is 9.67. The van der Waals surface area contributed by atoms with Gasteiger partial charge in [0.2, 0.25) is 5.91 Å². The molecule has 0 aromatic heterocycles. The number of nitrogens with one attached hydrogen (secondary N) is 2. The number of aliphatic imine (C=N–C) groups is 1. The molecule has 170 valence electrons. The van der Waals surface area contributed by atoms with Gasteiger partial charge in [-0.1, -0.05) is 63.4 Å². The number of carbonyl (C=O) groups is 1. The van der Waals surface area contributed by atoms with Crippen molar-refractivity contribution in [2.75, 3.05) is 33.2 Å². The van der Waals surface area contributed by atoms with Crippen LogP contribution in [-0.2, 0) is 11.2 Å². The molecule has 1 amide bonds. The van der Waals surface area contributed by atoms with Crippen molar-refractivity contribution in [2.45, 2.75) is 58.8 Å². The number of amides is 1. The minimum atomic E-state index is 0. The Labute approximate surface area is 200 Å².